The van der Waals surface area contributed by atoms with E-state index in [1.165, 1.54) is 32.7 Å². The standard InChI is InChI=1S/C11H14N4O3S2/c1-13-11(16)15-8-9(2-3-10(15)12-13)20(17,18)14-4-6-19-7-5-14/h2-3,8H,4-7H2,1H3. The maximum Gasteiger partial charge on any atom is 0.350 e. The smallest absolute Gasteiger partial charge is 0.249 e. The molecule has 0 amide bonds. The normalized spacial score (nSPS) is 17.6. The van der Waals surface area contributed by atoms with Gasteiger partial charge in [-0.2, -0.15) is 21.2 Å². The van der Waals surface area contributed by atoms with Crippen LogP contribution in [0.3, 0.4) is 0 Å². The van der Waals surface area contributed by atoms with Crippen molar-refractivity contribution in [1.29, 1.82) is 0 Å². The molecule has 3 rings (SSSR count). The Bertz CT molecular complexity index is 803. The summed E-state index contributed by atoms with van der Waals surface area (Å²) in [6.07, 6.45) is 1.35. The monoisotopic (exact) mass is 314 g/mol. The van der Waals surface area contributed by atoms with Gasteiger partial charge in [0.05, 0.1) is 4.90 Å². The van der Waals surface area contributed by atoms with Crippen LogP contribution in [0.25, 0.3) is 5.65 Å². The van der Waals surface area contributed by atoms with E-state index in [9.17, 15) is 13.2 Å². The highest BCUT2D eigenvalue weighted by Gasteiger charge is 2.26. The predicted octanol–water partition coefficient (Wildman–Crippen LogP) is -0.230. The Hall–Kier alpha value is -1.32. The summed E-state index contributed by atoms with van der Waals surface area (Å²) in [6, 6.07) is 3.05. The fraction of sp³-hybridized carbons (Fsp3) is 0.455. The molecule has 0 aromatic carbocycles. The topological polar surface area (TPSA) is 76.7 Å². The van der Waals surface area contributed by atoms with E-state index in [0.29, 0.717) is 18.7 Å². The van der Waals surface area contributed by atoms with E-state index in [4.69, 9.17) is 0 Å². The fourth-order valence-electron chi connectivity index (χ4n) is 2.15. The van der Waals surface area contributed by atoms with Crippen LogP contribution in [0.1, 0.15) is 0 Å². The van der Waals surface area contributed by atoms with E-state index in [2.05, 4.69) is 5.10 Å². The fourth-order valence-corrected chi connectivity index (χ4v) is 4.72. The number of pyridine rings is 1. The zero-order chi connectivity index (χ0) is 14.3. The van der Waals surface area contributed by atoms with Crippen molar-refractivity contribution in [1.82, 2.24) is 18.5 Å². The minimum atomic E-state index is -3.54. The molecule has 1 aliphatic heterocycles. The third-order valence-corrected chi connectivity index (χ3v) is 6.07. The van der Waals surface area contributed by atoms with Gasteiger partial charge in [0.1, 0.15) is 0 Å². The average molecular weight is 314 g/mol. The van der Waals surface area contributed by atoms with Crippen molar-refractivity contribution in [2.45, 2.75) is 4.90 Å². The second-order valence-corrected chi connectivity index (χ2v) is 7.68. The molecule has 0 unspecified atom stereocenters. The third-order valence-electron chi connectivity index (χ3n) is 3.24. The molecule has 2 aromatic rings. The summed E-state index contributed by atoms with van der Waals surface area (Å²) >= 11 is 1.74. The van der Waals surface area contributed by atoms with Crippen LogP contribution in [-0.4, -0.2) is 51.5 Å². The largest absolute Gasteiger partial charge is 0.350 e. The van der Waals surface area contributed by atoms with Gasteiger partial charge in [-0.3, -0.25) is 0 Å². The molecule has 0 radical (unpaired) electrons. The highest BCUT2D eigenvalue weighted by atomic mass is 32.2. The number of nitrogens with zero attached hydrogens (tertiary/aromatic N) is 4. The molecule has 108 valence electrons. The Balaban J connectivity index is 2.09. The summed E-state index contributed by atoms with van der Waals surface area (Å²) in [5.41, 5.74) is 0.0805. The van der Waals surface area contributed by atoms with Gasteiger partial charge in [-0.15, -0.1) is 0 Å². The first-order valence-corrected chi connectivity index (χ1v) is 8.73. The Morgan fingerprint density at radius 1 is 1.25 bits per heavy atom. The summed E-state index contributed by atoms with van der Waals surface area (Å²) in [5, 5.41) is 4.00. The molecule has 0 aliphatic carbocycles. The molecule has 0 atom stereocenters. The van der Waals surface area contributed by atoms with E-state index in [0.717, 1.165) is 11.5 Å². The molecule has 2 aromatic heterocycles. The van der Waals surface area contributed by atoms with Gasteiger partial charge < -0.3 is 0 Å². The van der Waals surface area contributed by atoms with E-state index in [1.807, 2.05) is 0 Å². The van der Waals surface area contributed by atoms with E-state index >= 15 is 0 Å². The number of hydrogen-bond donors (Lipinski definition) is 0. The van der Waals surface area contributed by atoms with Gasteiger partial charge in [0.25, 0.3) is 0 Å². The first-order valence-electron chi connectivity index (χ1n) is 6.13. The summed E-state index contributed by atoms with van der Waals surface area (Å²) < 4.78 is 28.9. The van der Waals surface area contributed by atoms with Crippen molar-refractivity contribution in [3.63, 3.8) is 0 Å². The Morgan fingerprint density at radius 2 is 1.95 bits per heavy atom. The Morgan fingerprint density at radius 3 is 2.65 bits per heavy atom. The van der Waals surface area contributed by atoms with Gasteiger partial charge in [0, 0.05) is 37.8 Å². The molecular weight excluding hydrogens is 300 g/mol. The average Bonchev–Trinajstić information content (AvgIpc) is 2.75. The molecule has 0 bridgehead atoms. The number of sulfonamides is 1. The maximum absolute atomic E-state index is 12.5. The van der Waals surface area contributed by atoms with Gasteiger partial charge in [-0.05, 0) is 12.1 Å². The second kappa shape index (κ2) is 4.90. The molecular formula is C11H14N4O3S2. The van der Waals surface area contributed by atoms with Crippen LogP contribution in [0.15, 0.2) is 28.0 Å². The molecule has 0 saturated carbocycles. The molecule has 0 N–H and O–H groups in total. The van der Waals surface area contributed by atoms with Gasteiger partial charge in [0.2, 0.25) is 10.0 Å². The highest BCUT2D eigenvalue weighted by Crippen LogP contribution is 2.20. The Labute approximate surface area is 120 Å². The number of aromatic nitrogens is 3. The molecule has 20 heavy (non-hydrogen) atoms. The summed E-state index contributed by atoms with van der Waals surface area (Å²) in [6.45, 7) is 1.01. The predicted molar refractivity (Wildman–Crippen MR) is 76.5 cm³/mol. The van der Waals surface area contributed by atoms with E-state index in [1.54, 1.807) is 17.8 Å². The zero-order valence-electron chi connectivity index (χ0n) is 10.9. The molecule has 7 nitrogen and oxygen atoms in total. The quantitative estimate of drug-likeness (QED) is 0.765. The van der Waals surface area contributed by atoms with Gasteiger partial charge in [0.15, 0.2) is 5.65 Å². The molecule has 1 aliphatic rings. The third kappa shape index (κ3) is 2.15. The first-order chi connectivity index (χ1) is 9.50. The van der Waals surface area contributed by atoms with E-state index < -0.39 is 10.0 Å². The number of thioether (sulfide) groups is 1. The Kier molecular flexibility index (Phi) is 3.35. The molecule has 3 heterocycles. The van der Waals surface area contributed by atoms with Crippen LogP contribution in [0, 0.1) is 0 Å². The molecule has 0 spiro atoms. The summed E-state index contributed by atoms with van der Waals surface area (Å²) in [5.74, 6) is 1.60. The molecule has 1 saturated heterocycles. The summed E-state index contributed by atoms with van der Waals surface area (Å²) in [4.78, 5) is 12.0. The highest BCUT2D eigenvalue weighted by molar-refractivity contribution is 7.99. The van der Waals surface area contributed by atoms with Crippen molar-refractivity contribution in [3.8, 4) is 0 Å². The second-order valence-electron chi connectivity index (χ2n) is 4.52. The van der Waals surface area contributed by atoms with E-state index in [-0.39, 0.29) is 10.6 Å². The minimum absolute atomic E-state index is 0.131. The van der Waals surface area contributed by atoms with Crippen molar-refractivity contribution in [3.05, 3.63) is 28.8 Å². The zero-order valence-corrected chi connectivity index (χ0v) is 12.5. The lowest BCUT2D eigenvalue weighted by Crippen LogP contribution is -2.38. The number of aryl methyl sites for hydroxylation is 1. The minimum Gasteiger partial charge on any atom is -0.249 e. The first kappa shape index (κ1) is 13.7. The van der Waals surface area contributed by atoms with Crippen molar-refractivity contribution in [2.75, 3.05) is 24.6 Å². The van der Waals surface area contributed by atoms with Gasteiger partial charge in [-0.1, -0.05) is 0 Å². The maximum atomic E-state index is 12.5. The lowest BCUT2D eigenvalue weighted by Gasteiger charge is -2.25. The van der Waals surface area contributed by atoms with Crippen LogP contribution >= 0.6 is 11.8 Å². The number of fused-ring (bicyclic) bond motifs is 1. The van der Waals surface area contributed by atoms with Gasteiger partial charge in [-0.25, -0.2) is 22.3 Å². The number of rotatable bonds is 2. The lowest BCUT2D eigenvalue weighted by molar-refractivity contribution is 0.443. The van der Waals surface area contributed by atoms with Crippen LogP contribution in [0.5, 0.6) is 0 Å². The van der Waals surface area contributed by atoms with Crippen molar-refractivity contribution in [2.24, 2.45) is 7.05 Å². The van der Waals surface area contributed by atoms with Crippen LogP contribution in [0.2, 0.25) is 0 Å². The summed E-state index contributed by atoms with van der Waals surface area (Å²) in [7, 11) is -2.00. The lowest BCUT2D eigenvalue weighted by atomic mass is 10.5. The van der Waals surface area contributed by atoms with Gasteiger partial charge >= 0.3 is 5.69 Å². The molecule has 1 fully saturated rings. The molecule has 9 heteroatoms. The van der Waals surface area contributed by atoms with Crippen LogP contribution in [0.4, 0.5) is 0 Å². The van der Waals surface area contributed by atoms with Crippen LogP contribution < -0.4 is 5.69 Å². The van der Waals surface area contributed by atoms with Crippen LogP contribution in [-0.2, 0) is 17.1 Å². The van der Waals surface area contributed by atoms with Crippen molar-refractivity contribution >= 4 is 27.4 Å². The van der Waals surface area contributed by atoms with Crippen molar-refractivity contribution < 1.29 is 8.42 Å². The number of hydrogen-bond acceptors (Lipinski definition) is 5. The SMILES string of the molecule is Cn1nc2ccc(S(=O)(=O)N3CCSCC3)cn2c1=O.